The topological polar surface area (TPSA) is 66.4 Å². The first kappa shape index (κ1) is 15.6. The van der Waals surface area contributed by atoms with E-state index < -0.39 is 11.5 Å². The highest BCUT2D eigenvalue weighted by molar-refractivity contribution is 7.99. The van der Waals surface area contributed by atoms with Gasteiger partial charge in [0.25, 0.3) is 0 Å². The third-order valence-corrected chi connectivity index (χ3v) is 4.14. The summed E-state index contributed by atoms with van der Waals surface area (Å²) >= 11 is 1.39. The summed E-state index contributed by atoms with van der Waals surface area (Å²) in [6, 6.07) is 8.81. The van der Waals surface area contributed by atoms with E-state index in [0.717, 1.165) is 0 Å². The van der Waals surface area contributed by atoms with E-state index in [1.165, 1.54) is 11.8 Å². The van der Waals surface area contributed by atoms with Crippen molar-refractivity contribution in [2.24, 2.45) is 0 Å². The lowest BCUT2D eigenvalue weighted by molar-refractivity contribution is -0.148. The molecule has 0 saturated heterocycles. The van der Waals surface area contributed by atoms with Crippen LogP contribution in [-0.4, -0.2) is 28.5 Å². The van der Waals surface area contributed by atoms with Gasteiger partial charge in [0.2, 0.25) is 5.91 Å². The molecule has 5 heteroatoms. The van der Waals surface area contributed by atoms with Gasteiger partial charge in [0.1, 0.15) is 0 Å². The van der Waals surface area contributed by atoms with Crippen molar-refractivity contribution in [2.75, 3.05) is 6.26 Å². The first-order valence-corrected chi connectivity index (χ1v) is 7.40. The lowest BCUT2D eigenvalue weighted by Crippen LogP contribution is -2.53. The van der Waals surface area contributed by atoms with Gasteiger partial charge in [0, 0.05) is 0 Å². The molecule has 0 saturated carbocycles. The number of amides is 1. The van der Waals surface area contributed by atoms with Crippen LogP contribution in [0.25, 0.3) is 0 Å². The van der Waals surface area contributed by atoms with E-state index in [0.29, 0.717) is 12.0 Å². The van der Waals surface area contributed by atoms with Crippen LogP contribution in [0, 0.1) is 0 Å². The zero-order chi connectivity index (χ0) is 14.5. The summed E-state index contributed by atoms with van der Waals surface area (Å²) in [5, 5.41) is 12.0. The maximum Gasteiger partial charge on any atom is 0.334 e. The van der Waals surface area contributed by atoms with Crippen LogP contribution in [0.5, 0.6) is 0 Å². The van der Waals surface area contributed by atoms with Crippen molar-refractivity contribution in [3.8, 4) is 0 Å². The molecule has 0 aliphatic heterocycles. The zero-order valence-corrected chi connectivity index (χ0v) is 12.2. The van der Waals surface area contributed by atoms with Crippen LogP contribution in [-0.2, 0) is 15.1 Å². The van der Waals surface area contributed by atoms with Gasteiger partial charge >= 0.3 is 5.97 Å². The molecule has 0 aromatic heterocycles. The standard InChI is InChI=1S/C14H19NO3S/c1-4-14(13(17)18,11-8-6-5-7-9-11)15-12(16)10(2)19-3/h5-10H,4H2,1-3H3,(H,15,16)(H,17,18). The smallest absolute Gasteiger partial charge is 0.334 e. The normalized spacial score (nSPS) is 15.3. The van der Waals surface area contributed by atoms with Crippen molar-refractivity contribution in [1.29, 1.82) is 0 Å². The molecule has 1 amide bonds. The second kappa shape index (κ2) is 6.61. The van der Waals surface area contributed by atoms with Crippen molar-refractivity contribution in [2.45, 2.75) is 31.1 Å². The van der Waals surface area contributed by atoms with Crippen molar-refractivity contribution in [3.05, 3.63) is 35.9 Å². The summed E-state index contributed by atoms with van der Waals surface area (Å²) in [4.78, 5) is 23.7. The molecule has 0 aliphatic carbocycles. The van der Waals surface area contributed by atoms with Crippen LogP contribution in [0.1, 0.15) is 25.8 Å². The second-order valence-electron chi connectivity index (χ2n) is 4.30. The van der Waals surface area contributed by atoms with Crippen molar-refractivity contribution < 1.29 is 14.7 Å². The maximum absolute atomic E-state index is 12.0. The van der Waals surface area contributed by atoms with E-state index in [2.05, 4.69) is 5.32 Å². The number of carboxylic acid groups (broad SMARTS) is 1. The first-order valence-electron chi connectivity index (χ1n) is 6.11. The molecule has 0 fully saturated rings. The van der Waals surface area contributed by atoms with Crippen molar-refractivity contribution in [3.63, 3.8) is 0 Å². The van der Waals surface area contributed by atoms with E-state index in [9.17, 15) is 14.7 Å². The molecule has 0 bridgehead atoms. The summed E-state index contributed by atoms with van der Waals surface area (Å²) < 4.78 is 0. The average Bonchev–Trinajstić information content (AvgIpc) is 2.44. The summed E-state index contributed by atoms with van der Waals surface area (Å²) in [5.74, 6) is -1.30. The number of benzene rings is 1. The first-order chi connectivity index (χ1) is 8.97. The number of hydrogen-bond donors (Lipinski definition) is 2. The fourth-order valence-corrected chi connectivity index (χ4v) is 2.11. The monoisotopic (exact) mass is 281 g/mol. The summed E-state index contributed by atoms with van der Waals surface area (Å²) in [5.41, 5.74) is -0.769. The molecule has 0 spiro atoms. The van der Waals surface area contributed by atoms with Gasteiger partial charge in [0.05, 0.1) is 5.25 Å². The van der Waals surface area contributed by atoms with E-state index in [1.807, 2.05) is 12.3 Å². The number of thioether (sulfide) groups is 1. The fourth-order valence-electron chi connectivity index (χ4n) is 1.83. The van der Waals surface area contributed by atoms with Crippen molar-refractivity contribution >= 4 is 23.6 Å². The Bertz CT molecular complexity index is 449. The Kier molecular flexibility index (Phi) is 5.42. The predicted molar refractivity (Wildman–Crippen MR) is 77.2 cm³/mol. The minimum absolute atomic E-state index is 0.263. The van der Waals surface area contributed by atoms with Gasteiger partial charge in [-0.2, -0.15) is 11.8 Å². The minimum Gasteiger partial charge on any atom is -0.479 e. The van der Waals surface area contributed by atoms with Gasteiger partial charge in [-0.3, -0.25) is 4.79 Å². The lowest BCUT2D eigenvalue weighted by atomic mass is 9.87. The molecular weight excluding hydrogens is 262 g/mol. The molecule has 2 atom stereocenters. The Hall–Kier alpha value is -1.49. The van der Waals surface area contributed by atoms with E-state index in [-0.39, 0.29) is 11.2 Å². The number of carboxylic acids is 1. The number of aliphatic carboxylic acids is 1. The molecule has 19 heavy (non-hydrogen) atoms. The third-order valence-electron chi connectivity index (χ3n) is 3.22. The van der Waals surface area contributed by atoms with Crippen LogP contribution in [0.15, 0.2) is 30.3 Å². The van der Waals surface area contributed by atoms with Crippen LogP contribution < -0.4 is 5.32 Å². The van der Waals surface area contributed by atoms with Crippen LogP contribution in [0.2, 0.25) is 0 Å². The Balaban J connectivity index is 3.14. The molecule has 1 rings (SSSR count). The van der Waals surface area contributed by atoms with Gasteiger partial charge in [-0.05, 0) is 25.2 Å². The number of carbonyl (C=O) groups excluding carboxylic acids is 1. The highest BCUT2D eigenvalue weighted by atomic mass is 32.2. The van der Waals surface area contributed by atoms with Crippen LogP contribution in [0.4, 0.5) is 0 Å². The Morgan fingerprint density at radius 1 is 1.37 bits per heavy atom. The zero-order valence-electron chi connectivity index (χ0n) is 11.3. The largest absolute Gasteiger partial charge is 0.479 e. The minimum atomic E-state index is -1.36. The quantitative estimate of drug-likeness (QED) is 0.839. The Morgan fingerprint density at radius 3 is 2.37 bits per heavy atom. The molecule has 0 heterocycles. The fraction of sp³-hybridized carbons (Fsp3) is 0.429. The van der Waals surface area contributed by atoms with Crippen molar-refractivity contribution in [1.82, 2.24) is 5.32 Å². The Labute approximate surface area is 117 Å². The second-order valence-corrected chi connectivity index (χ2v) is 5.48. The van der Waals surface area contributed by atoms with Gasteiger partial charge in [-0.15, -0.1) is 0 Å². The molecule has 104 valence electrons. The maximum atomic E-state index is 12.0. The van der Waals surface area contributed by atoms with Gasteiger partial charge in [-0.25, -0.2) is 4.79 Å². The number of nitrogens with one attached hydrogen (secondary N) is 1. The number of carbonyl (C=O) groups is 2. The van der Waals surface area contributed by atoms with Crippen LogP contribution in [0.3, 0.4) is 0 Å². The van der Waals surface area contributed by atoms with Gasteiger partial charge < -0.3 is 10.4 Å². The highest BCUT2D eigenvalue weighted by Crippen LogP contribution is 2.26. The average molecular weight is 281 g/mol. The van der Waals surface area contributed by atoms with Crippen LogP contribution >= 0.6 is 11.8 Å². The predicted octanol–water partition coefficient (Wildman–Crippen LogP) is 2.24. The molecule has 1 aromatic carbocycles. The molecule has 1 aromatic rings. The molecule has 4 nitrogen and oxygen atoms in total. The summed E-state index contributed by atoms with van der Waals surface area (Å²) in [6.45, 7) is 3.51. The number of rotatable bonds is 6. The molecule has 2 N–H and O–H groups in total. The van der Waals surface area contributed by atoms with E-state index in [4.69, 9.17) is 0 Å². The molecule has 2 unspecified atom stereocenters. The summed E-state index contributed by atoms with van der Waals surface area (Å²) in [6.07, 6.45) is 2.11. The number of hydrogen-bond acceptors (Lipinski definition) is 3. The summed E-state index contributed by atoms with van der Waals surface area (Å²) in [7, 11) is 0. The van der Waals surface area contributed by atoms with Gasteiger partial charge in [-0.1, -0.05) is 37.3 Å². The SMILES string of the molecule is CCC(NC(=O)C(C)SC)(C(=O)O)c1ccccc1. The van der Waals surface area contributed by atoms with Gasteiger partial charge in [0.15, 0.2) is 5.54 Å². The third kappa shape index (κ3) is 3.29. The van der Waals surface area contributed by atoms with E-state index >= 15 is 0 Å². The lowest BCUT2D eigenvalue weighted by Gasteiger charge is -2.31. The van der Waals surface area contributed by atoms with E-state index in [1.54, 1.807) is 38.1 Å². The highest BCUT2D eigenvalue weighted by Gasteiger charge is 2.40. The Morgan fingerprint density at radius 2 is 1.95 bits per heavy atom. The molecule has 0 radical (unpaired) electrons. The molecule has 0 aliphatic rings. The molecular formula is C14H19NO3S.